The largest absolute Gasteiger partial charge is 0.465 e. The van der Waals surface area contributed by atoms with E-state index in [1.807, 2.05) is 0 Å². The van der Waals surface area contributed by atoms with E-state index in [4.69, 9.17) is 5.11 Å². The molecule has 14 heavy (non-hydrogen) atoms. The quantitative estimate of drug-likeness (QED) is 0.682. The molecule has 3 aliphatic carbocycles. The summed E-state index contributed by atoms with van der Waals surface area (Å²) in [7, 11) is 0. The van der Waals surface area contributed by atoms with E-state index in [1.165, 1.54) is 0 Å². The molecular formula is C11H15NO2. The predicted molar refractivity (Wildman–Crippen MR) is 52.0 cm³/mol. The van der Waals surface area contributed by atoms with Crippen molar-refractivity contribution in [1.29, 1.82) is 0 Å². The highest BCUT2D eigenvalue weighted by Crippen LogP contribution is 2.48. The highest BCUT2D eigenvalue weighted by atomic mass is 16.4. The minimum Gasteiger partial charge on any atom is -0.465 e. The Morgan fingerprint density at radius 1 is 1.43 bits per heavy atom. The third kappa shape index (κ3) is 1.08. The van der Waals surface area contributed by atoms with Crippen LogP contribution in [0.3, 0.4) is 0 Å². The Morgan fingerprint density at radius 2 is 2.21 bits per heavy atom. The number of hydrogen-bond acceptors (Lipinski definition) is 1. The minimum absolute atomic E-state index is 0.319. The molecule has 3 heteroatoms. The summed E-state index contributed by atoms with van der Waals surface area (Å²) in [5.41, 5.74) is 0. The second kappa shape index (κ2) is 2.75. The van der Waals surface area contributed by atoms with Crippen LogP contribution in [0.5, 0.6) is 0 Å². The molecule has 1 N–H and O–H groups in total. The van der Waals surface area contributed by atoms with Crippen LogP contribution in [0, 0.1) is 11.8 Å². The molecule has 3 rings (SSSR count). The molecule has 76 valence electrons. The molecule has 3 nitrogen and oxygen atoms in total. The summed E-state index contributed by atoms with van der Waals surface area (Å²) in [4.78, 5) is 12.8. The van der Waals surface area contributed by atoms with Crippen molar-refractivity contribution in [3.63, 3.8) is 0 Å². The van der Waals surface area contributed by atoms with Crippen LogP contribution in [0.25, 0.3) is 0 Å². The van der Waals surface area contributed by atoms with Gasteiger partial charge in [0.25, 0.3) is 0 Å². The normalized spacial score (nSPS) is 39.0. The lowest BCUT2D eigenvalue weighted by Crippen LogP contribution is -2.53. The van der Waals surface area contributed by atoms with Gasteiger partial charge in [-0.25, -0.2) is 4.79 Å². The number of carboxylic acid groups (broad SMARTS) is 1. The van der Waals surface area contributed by atoms with Crippen molar-refractivity contribution >= 4 is 6.09 Å². The highest BCUT2D eigenvalue weighted by molar-refractivity contribution is 5.66. The zero-order chi connectivity index (χ0) is 9.71. The van der Waals surface area contributed by atoms with E-state index in [-0.39, 0.29) is 0 Å². The first-order valence-corrected chi connectivity index (χ1v) is 5.45. The van der Waals surface area contributed by atoms with Crippen molar-refractivity contribution in [1.82, 2.24) is 4.90 Å². The summed E-state index contributed by atoms with van der Waals surface area (Å²) in [6.45, 7) is 0. The van der Waals surface area contributed by atoms with Gasteiger partial charge in [-0.15, -0.1) is 0 Å². The van der Waals surface area contributed by atoms with Crippen molar-refractivity contribution < 1.29 is 9.90 Å². The van der Waals surface area contributed by atoms with E-state index in [9.17, 15) is 4.79 Å². The molecule has 2 saturated carbocycles. The van der Waals surface area contributed by atoms with Gasteiger partial charge in [0, 0.05) is 12.1 Å². The summed E-state index contributed by atoms with van der Waals surface area (Å²) < 4.78 is 0. The fourth-order valence-corrected chi connectivity index (χ4v) is 2.92. The number of fused-ring (bicyclic) bond motifs is 1. The maximum Gasteiger partial charge on any atom is 0.407 e. The molecule has 0 bridgehead atoms. The lowest BCUT2D eigenvalue weighted by molar-refractivity contribution is 0.0324. The Hall–Kier alpha value is -0.990. The fraction of sp³-hybridized carbons (Fsp3) is 0.727. The Bertz CT molecular complexity index is 296. The maximum absolute atomic E-state index is 11.1. The highest BCUT2D eigenvalue weighted by Gasteiger charge is 2.49. The number of nitrogens with zero attached hydrogens (tertiary/aromatic N) is 1. The number of amides is 1. The molecule has 3 atom stereocenters. The second-order valence-electron chi connectivity index (χ2n) is 4.72. The molecule has 0 spiro atoms. The molecular weight excluding hydrogens is 178 g/mol. The van der Waals surface area contributed by atoms with E-state index >= 15 is 0 Å². The summed E-state index contributed by atoms with van der Waals surface area (Å²) in [6, 6.07) is 0.666. The van der Waals surface area contributed by atoms with Crippen molar-refractivity contribution in [2.24, 2.45) is 11.8 Å². The van der Waals surface area contributed by atoms with Gasteiger partial charge in [-0.1, -0.05) is 12.2 Å². The molecule has 3 aliphatic rings. The molecule has 1 amide bonds. The maximum atomic E-state index is 11.1. The Morgan fingerprint density at radius 3 is 2.79 bits per heavy atom. The second-order valence-corrected chi connectivity index (χ2v) is 4.72. The van der Waals surface area contributed by atoms with Gasteiger partial charge in [0.2, 0.25) is 0 Å². The van der Waals surface area contributed by atoms with Crippen LogP contribution in [0.4, 0.5) is 4.79 Å². The molecule has 0 saturated heterocycles. The van der Waals surface area contributed by atoms with Crippen LogP contribution in [-0.4, -0.2) is 28.2 Å². The van der Waals surface area contributed by atoms with Gasteiger partial charge < -0.3 is 10.0 Å². The van der Waals surface area contributed by atoms with Gasteiger partial charge in [-0.05, 0) is 37.5 Å². The predicted octanol–water partition coefficient (Wildman–Crippen LogP) is 2.09. The first-order valence-electron chi connectivity index (χ1n) is 5.45. The minimum atomic E-state index is -0.706. The molecule has 0 aromatic heterocycles. The first-order chi connectivity index (χ1) is 6.77. The van der Waals surface area contributed by atoms with Crippen molar-refractivity contribution in [3.05, 3.63) is 12.2 Å². The zero-order valence-corrected chi connectivity index (χ0v) is 8.10. The molecule has 0 heterocycles. The van der Waals surface area contributed by atoms with Crippen molar-refractivity contribution in [3.8, 4) is 0 Å². The smallest absolute Gasteiger partial charge is 0.407 e. The summed E-state index contributed by atoms with van der Waals surface area (Å²) in [5.74, 6) is 1.28. The average Bonchev–Trinajstić information content (AvgIpc) is 2.86. The lowest BCUT2D eigenvalue weighted by Gasteiger charge is -2.46. The lowest BCUT2D eigenvalue weighted by atomic mass is 9.70. The number of hydrogen-bond donors (Lipinski definition) is 1. The van der Waals surface area contributed by atoms with Crippen LogP contribution < -0.4 is 0 Å². The molecule has 0 aromatic rings. The van der Waals surface area contributed by atoms with Crippen molar-refractivity contribution in [2.75, 3.05) is 0 Å². The van der Waals surface area contributed by atoms with E-state index in [0.717, 1.165) is 25.7 Å². The molecule has 0 aromatic carbocycles. The van der Waals surface area contributed by atoms with Crippen LogP contribution >= 0.6 is 0 Å². The molecule has 2 fully saturated rings. The molecule has 0 aliphatic heterocycles. The number of rotatable bonds is 2. The molecule has 0 unspecified atom stereocenters. The van der Waals surface area contributed by atoms with Crippen LogP contribution in [-0.2, 0) is 0 Å². The standard InChI is InChI=1S/C11H15NO2/c13-11(14)12(8-4-5-8)10-6-7-2-1-3-9(7)10/h1-2,7-10H,3-6H2,(H,13,14)/t7-,9+,10-/m0/s1. The van der Waals surface area contributed by atoms with E-state index in [1.54, 1.807) is 4.90 Å². The SMILES string of the molecule is O=C(O)N(C1CC1)[C@H]1C[C@@H]2C=CC[C@H]21. The third-order valence-corrected chi connectivity index (χ3v) is 3.87. The van der Waals surface area contributed by atoms with Gasteiger partial charge in [-0.3, -0.25) is 0 Å². The topological polar surface area (TPSA) is 40.5 Å². The van der Waals surface area contributed by atoms with Gasteiger partial charge in [0.15, 0.2) is 0 Å². The Labute approximate surface area is 83.4 Å². The van der Waals surface area contributed by atoms with Crippen LogP contribution in [0.2, 0.25) is 0 Å². The summed E-state index contributed by atoms with van der Waals surface area (Å²) in [6.07, 6.45) is 8.07. The van der Waals surface area contributed by atoms with Crippen molar-refractivity contribution in [2.45, 2.75) is 37.8 Å². The van der Waals surface area contributed by atoms with Crippen LogP contribution in [0.1, 0.15) is 25.7 Å². The summed E-state index contributed by atoms with van der Waals surface area (Å²) in [5, 5.41) is 9.14. The zero-order valence-electron chi connectivity index (χ0n) is 8.10. The van der Waals surface area contributed by atoms with Gasteiger partial charge in [0.1, 0.15) is 0 Å². The monoisotopic (exact) mass is 193 g/mol. The van der Waals surface area contributed by atoms with E-state index < -0.39 is 6.09 Å². The van der Waals surface area contributed by atoms with E-state index in [0.29, 0.717) is 23.9 Å². The number of allylic oxidation sites excluding steroid dienone is 2. The average molecular weight is 193 g/mol. The summed E-state index contributed by atoms with van der Waals surface area (Å²) >= 11 is 0. The van der Waals surface area contributed by atoms with E-state index in [2.05, 4.69) is 12.2 Å². The number of carbonyl (C=O) groups is 1. The van der Waals surface area contributed by atoms with Gasteiger partial charge in [0.05, 0.1) is 0 Å². The fourth-order valence-electron chi connectivity index (χ4n) is 2.92. The van der Waals surface area contributed by atoms with Gasteiger partial charge in [-0.2, -0.15) is 0 Å². The third-order valence-electron chi connectivity index (χ3n) is 3.87. The first kappa shape index (κ1) is 8.33. The Balaban J connectivity index is 1.72. The Kier molecular flexibility index (Phi) is 1.64. The van der Waals surface area contributed by atoms with Crippen LogP contribution in [0.15, 0.2) is 12.2 Å². The van der Waals surface area contributed by atoms with Gasteiger partial charge >= 0.3 is 6.09 Å². The molecule has 0 radical (unpaired) electrons.